The zero-order valence-corrected chi connectivity index (χ0v) is 31.8. The number of carbonyl (C=O) groups excluding carboxylic acids is 7. The predicted octanol–water partition coefficient (Wildman–Crippen LogP) is 0.959. The number of esters is 1. The Morgan fingerprint density at radius 2 is 1.62 bits per heavy atom. The first kappa shape index (κ1) is 43.3. The highest BCUT2D eigenvalue weighted by atomic mass is 19.1. The van der Waals surface area contributed by atoms with Crippen molar-refractivity contribution in [2.45, 2.75) is 114 Å². The molecule has 4 N–H and O–H groups in total. The van der Waals surface area contributed by atoms with E-state index in [9.17, 15) is 52.2 Å². The normalized spacial score (nSPS) is 24.4. The molecule has 3 heterocycles. The van der Waals surface area contributed by atoms with E-state index < -0.39 is 115 Å². The number of halogens is 2. The molecule has 56 heavy (non-hydrogen) atoms. The van der Waals surface area contributed by atoms with Crippen molar-refractivity contribution in [1.29, 1.82) is 0 Å². The Balaban J connectivity index is 1.69. The number of hydrogen-bond donors (Lipinski definition) is 4. The molecule has 0 saturated carbocycles. The highest BCUT2D eigenvalue weighted by Crippen LogP contribution is 2.24. The molecule has 18 heteroatoms. The molecule has 4 rings (SSSR count). The Morgan fingerprint density at radius 1 is 0.982 bits per heavy atom. The minimum atomic E-state index is -1.64. The number of carbonyl (C=O) groups is 8. The smallest absolute Gasteiger partial charge is 0.328 e. The van der Waals surface area contributed by atoms with E-state index in [1.165, 1.54) is 29.8 Å². The SMILES string of the molecule is CCCC/C=C/C(=O)N[C@@H](Cc1cc(F)cc(F)c1)C(=O)N[C@H]1COC(=O)[C@@H]2CCCN2C(=O)[C@H](C)NC(=O)[C@H](CCC(=O)O)N(C)C(=O)[C@@H]2CCCN2C1=O. The maximum Gasteiger partial charge on any atom is 0.328 e. The van der Waals surface area contributed by atoms with Gasteiger partial charge in [-0.15, -0.1) is 0 Å². The summed E-state index contributed by atoms with van der Waals surface area (Å²) in [5.74, 6) is -8.60. The van der Waals surface area contributed by atoms with Crippen LogP contribution in [-0.2, 0) is 49.5 Å². The van der Waals surface area contributed by atoms with Gasteiger partial charge in [-0.2, -0.15) is 0 Å². The van der Waals surface area contributed by atoms with E-state index in [1.54, 1.807) is 6.08 Å². The highest BCUT2D eigenvalue weighted by molar-refractivity contribution is 5.98. The summed E-state index contributed by atoms with van der Waals surface area (Å²) in [7, 11) is 1.29. The van der Waals surface area contributed by atoms with Gasteiger partial charge in [0, 0.05) is 39.0 Å². The molecule has 1 aromatic carbocycles. The molecule has 306 valence electrons. The molecule has 3 saturated heterocycles. The monoisotopic (exact) mass is 788 g/mol. The van der Waals surface area contributed by atoms with Crippen molar-refractivity contribution < 1.29 is 57.0 Å². The third-order valence-electron chi connectivity index (χ3n) is 10.1. The minimum Gasteiger partial charge on any atom is -0.481 e. The summed E-state index contributed by atoms with van der Waals surface area (Å²) in [6.07, 6.45) is 4.97. The molecule has 1 aromatic rings. The van der Waals surface area contributed by atoms with E-state index in [-0.39, 0.29) is 37.9 Å². The maximum atomic E-state index is 14.3. The Morgan fingerprint density at radius 3 is 2.27 bits per heavy atom. The van der Waals surface area contributed by atoms with E-state index >= 15 is 0 Å². The van der Waals surface area contributed by atoms with Gasteiger partial charge in [0.15, 0.2) is 0 Å². The van der Waals surface area contributed by atoms with E-state index in [0.29, 0.717) is 25.3 Å². The lowest BCUT2D eigenvalue weighted by Gasteiger charge is -2.35. The molecule has 16 nitrogen and oxygen atoms in total. The molecule has 0 radical (unpaired) electrons. The highest BCUT2D eigenvalue weighted by Gasteiger charge is 2.44. The van der Waals surface area contributed by atoms with Gasteiger partial charge in [-0.3, -0.25) is 33.6 Å². The van der Waals surface area contributed by atoms with E-state index in [4.69, 9.17) is 4.74 Å². The van der Waals surface area contributed by atoms with Gasteiger partial charge < -0.3 is 40.5 Å². The van der Waals surface area contributed by atoms with E-state index in [0.717, 1.165) is 29.9 Å². The van der Waals surface area contributed by atoms with Crippen molar-refractivity contribution in [3.8, 4) is 0 Å². The third kappa shape index (κ3) is 11.3. The quantitative estimate of drug-likeness (QED) is 0.134. The zero-order chi connectivity index (χ0) is 41.1. The molecular formula is C38H50F2N6O10. The van der Waals surface area contributed by atoms with Crippen molar-refractivity contribution in [2.24, 2.45) is 0 Å². The number of likely N-dealkylation sites (N-methyl/N-ethyl adjacent to an activating group) is 1. The fourth-order valence-electron chi connectivity index (χ4n) is 7.15. The molecule has 0 unspecified atom stereocenters. The second kappa shape index (κ2) is 20.0. The Hall–Kier alpha value is -5.42. The second-order valence-corrected chi connectivity index (χ2v) is 14.3. The van der Waals surface area contributed by atoms with Crippen LogP contribution >= 0.6 is 0 Å². The fraction of sp³-hybridized carbons (Fsp3) is 0.579. The molecule has 3 fully saturated rings. The summed E-state index contributed by atoms with van der Waals surface area (Å²) >= 11 is 0. The van der Waals surface area contributed by atoms with Crippen molar-refractivity contribution in [2.75, 3.05) is 26.7 Å². The van der Waals surface area contributed by atoms with Crippen molar-refractivity contribution in [1.82, 2.24) is 30.7 Å². The molecular weight excluding hydrogens is 738 g/mol. The Bertz CT molecular complexity index is 1690. The zero-order valence-electron chi connectivity index (χ0n) is 31.8. The van der Waals surface area contributed by atoms with Crippen LogP contribution in [0.25, 0.3) is 0 Å². The fourth-order valence-corrected chi connectivity index (χ4v) is 7.15. The van der Waals surface area contributed by atoms with Gasteiger partial charge in [-0.05, 0) is 69.2 Å². The van der Waals surface area contributed by atoms with E-state index in [1.807, 2.05) is 6.92 Å². The molecule has 0 bridgehead atoms. The summed E-state index contributed by atoms with van der Waals surface area (Å²) < 4.78 is 33.9. The Labute approximate surface area is 323 Å². The number of fused-ring (bicyclic) bond motifs is 2. The van der Waals surface area contributed by atoms with Crippen LogP contribution in [0.15, 0.2) is 30.4 Å². The summed E-state index contributed by atoms with van der Waals surface area (Å²) in [6, 6.07) is -5.28. The first-order valence-electron chi connectivity index (χ1n) is 18.9. The van der Waals surface area contributed by atoms with Crippen LogP contribution in [0.3, 0.4) is 0 Å². The van der Waals surface area contributed by atoms with E-state index in [2.05, 4.69) is 16.0 Å². The van der Waals surface area contributed by atoms with Crippen LogP contribution < -0.4 is 16.0 Å². The number of aliphatic carboxylic acids is 1. The number of amides is 6. The number of allylic oxidation sites excluding steroid dienone is 1. The third-order valence-corrected chi connectivity index (χ3v) is 10.1. The first-order chi connectivity index (χ1) is 26.6. The summed E-state index contributed by atoms with van der Waals surface area (Å²) in [5.41, 5.74) is 0.0172. The van der Waals surface area contributed by atoms with Gasteiger partial charge in [0.1, 0.15) is 54.5 Å². The molecule has 3 aliphatic heterocycles. The first-order valence-corrected chi connectivity index (χ1v) is 18.9. The Kier molecular flexibility index (Phi) is 15.4. The number of unbranched alkanes of at least 4 members (excludes halogenated alkanes) is 2. The van der Waals surface area contributed by atoms with Crippen molar-refractivity contribution in [3.63, 3.8) is 0 Å². The van der Waals surface area contributed by atoms with Gasteiger partial charge in [0.2, 0.25) is 35.4 Å². The number of rotatable bonds is 12. The topological polar surface area (TPSA) is 212 Å². The molecule has 0 aromatic heterocycles. The lowest BCUT2D eigenvalue weighted by atomic mass is 10.0. The van der Waals surface area contributed by atoms with Gasteiger partial charge in [-0.1, -0.05) is 25.8 Å². The molecule has 6 atom stereocenters. The van der Waals surface area contributed by atoms with Gasteiger partial charge >= 0.3 is 11.9 Å². The van der Waals surface area contributed by atoms with Crippen LogP contribution in [0.4, 0.5) is 8.78 Å². The number of ether oxygens (including phenoxy) is 1. The summed E-state index contributed by atoms with van der Waals surface area (Å²) in [5, 5.41) is 17.0. The molecule has 3 aliphatic rings. The molecule has 0 spiro atoms. The lowest BCUT2D eigenvalue weighted by molar-refractivity contribution is -0.158. The maximum absolute atomic E-state index is 14.3. The van der Waals surface area contributed by atoms with Crippen molar-refractivity contribution in [3.05, 3.63) is 47.5 Å². The molecule has 0 aliphatic carbocycles. The number of carboxylic acid groups (broad SMARTS) is 1. The van der Waals surface area contributed by atoms with Crippen LogP contribution in [0.2, 0.25) is 0 Å². The lowest BCUT2D eigenvalue weighted by Crippen LogP contribution is -2.60. The van der Waals surface area contributed by atoms with Crippen LogP contribution in [0, 0.1) is 11.6 Å². The van der Waals surface area contributed by atoms with Crippen molar-refractivity contribution >= 4 is 47.4 Å². The average Bonchev–Trinajstić information content (AvgIpc) is 3.84. The molecule has 6 amide bonds. The van der Waals surface area contributed by atoms with Crippen LogP contribution in [-0.4, -0.2) is 130 Å². The summed E-state index contributed by atoms with van der Waals surface area (Å²) in [6.45, 7) is 2.80. The van der Waals surface area contributed by atoms with Crippen LogP contribution in [0.5, 0.6) is 0 Å². The predicted molar refractivity (Wildman–Crippen MR) is 194 cm³/mol. The average molecular weight is 789 g/mol. The van der Waals surface area contributed by atoms with Gasteiger partial charge in [0.25, 0.3) is 0 Å². The number of benzene rings is 1. The number of cyclic esters (lactones) is 1. The minimum absolute atomic E-state index is 0.0172. The number of nitrogens with one attached hydrogen (secondary N) is 3. The number of nitrogens with zero attached hydrogens (tertiary/aromatic N) is 3. The van der Waals surface area contributed by atoms with Gasteiger partial charge in [0.05, 0.1) is 0 Å². The second-order valence-electron chi connectivity index (χ2n) is 14.3. The van der Waals surface area contributed by atoms with Crippen LogP contribution in [0.1, 0.15) is 77.2 Å². The van der Waals surface area contributed by atoms with Gasteiger partial charge in [-0.25, -0.2) is 13.6 Å². The summed E-state index contributed by atoms with van der Waals surface area (Å²) in [4.78, 5) is 111. The largest absolute Gasteiger partial charge is 0.481 e. The standard InChI is InChI=1S/C38H50F2N6O10/c1-4-5-6-7-12-31(47)42-26(19-23-17-24(39)20-25(40)18-23)33(50)43-27-21-56-38(55)30-11-9-16-46(30)35(52)22(2)41-34(51)28(13-14-32(48)49)44(3)37(54)29-10-8-15-45(29)36(27)53/h7,12,17-18,20,22,26-30H,4-6,8-11,13-16,19,21H2,1-3H3,(H,41,51)(H,42,47)(H,43,50)(H,48,49)/b12-7+/t22-,26-,27-,28-,29-,30-/m0/s1. The number of hydrogen-bond acceptors (Lipinski definition) is 9. The number of carboxylic acids is 1.